The number of benzene rings is 4. The highest BCUT2D eigenvalue weighted by Crippen LogP contribution is 2.22. The Labute approximate surface area is 273 Å². The average Bonchev–Trinajstić information content (AvgIpc) is 3.18. The molecule has 0 atom stereocenters. The number of nitrogens with zero attached hydrogens (tertiary/aromatic N) is 2. The zero-order valence-corrected chi connectivity index (χ0v) is 30.2. The van der Waals surface area contributed by atoms with Crippen molar-refractivity contribution in [2.24, 2.45) is 0 Å². The smallest absolute Gasteiger partial charge is 0.0408 e. The van der Waals surface area contributed by atoms with E-state index < -0.39 is 0 Å². The zero-order valence-electron chi connectivity index (χ0n) is 30.2. The molecule has 4 aromatic carbocycles. The molecular weight excluding hydrogens is 532 g/mol. The Morgan fingerprint density at radius 1 is 0.364 bits per heavy atom. The Morgan fingerprint density at radius 3 is 0.909 bits per heavy atom. The van der Waals surface area contributed by atoms with Gasteiger partial charge < -0.3 is 9.80 Å². The van der Waals surface area contributed by atoms with Gasteiger partial charge in [0, 0.05) is 36.9 Å². The molecule has 4 aromatic rings. The van der Waals surface area contributed by atoms with Crippen molar-refractivity contribution in [3.8, 4) is 0 Å². The Balaban J connectivity index is -0.000000524. The van der Waals surface area contributed by atoms with E-state index in [0.717, 1.165) is 6.42 Å². The molecule has 44 heavy (non-hydrogen) atoms. The van der Waals surface area contributed by atoms with Gasteiger partial charge in [-0.1, -0.05) is 172 Å². The summed E-state index contributed by atoms with van der Waals surface area (Å²) in [5, 5.41) is 0. The molecule has 0 spiro atoms. The van der Waals surface area contributed by atoms with Crippen LogP contribution < -0.4 is 9.80 Å². The molecule has 1 aliphatic rings. The van der Waals surface area contributed by atoms with Gasteiger partial charge in [-0.25, -0.2) is 0 Å². The van der Waals surface area contributed by atoms with Gasteiger partial charge in [-0.05, 0) is 55.3 Å². The number of hydrogen-bond acceptors (Lipinski definition) is 2. The molecule has 0 aromatic heterocycles. The predicted octanol–water partition coefficient (Wildman–Crippen LogP) is 13.6. The van der Waals surface area contributed by atoms with Crippen molar-refractivity contribution in [3.63, 3.8) is 0 Å². The Kier molecular flexibility index (Phi) is 35.5. The van der Waals surface area contributed by atoms with Gasteiger partial charge >= 0.3 is 0 Å². The summed E-state index contributed by atoms with van der Waals surface area (Å²) in [6.45, 7) is 20.0. The Bertz CT molecular complexity index is 1040. The third-order valence-corrected chi connectivity index (χ3v) is 5.46. The fourth-order valence-electron chi connectivity index (χ4n) is 3.49. The van der Waals surface area contributed by atoms with Crippen LogP contribution in [0.5, 0.6) is 0 Å². The molecule has 5 rings (SSSR count). The maximum absolute atomic E-state index is 2.28. The van der Waals surface area contributed by atoms with Gasteiger partial charge in [-0.15, -0.1) is 0 Å². The fraction of sp³-hybridized carbons (Fsp3) is 0.333. The summed E-state index contributed by atoms with van der Waals surface area (Å²) >= 11 is 0. The standard InChI is InChI=1S/C13H15N.C13H13N.C6H6.5C2H6/c2*1-14(12-8-4-2-5-9-12)13-10-6-3-7-11-13;1-2-4-6-5-3-1;5*1-2/h2,4-6,8-11H,3,7H2,1H3;2-11H,1H3;1-6H;5*1-2H3. The highest BCUT2D eigenvalue weighted by Gasteiger charge is 2.05. The lowest BCUT2D eigenvalue weighted by Gasteiger charge is -2.22. The second-order valence-corrected chi connectivity index (χ2v) is 7.89. The quantitative estimate of drug-likeness (QED) is 0.231. The van der Waals surface area contributed by atoms with E-state index in [1.54, 1.807) is 0 Å². The fourth-order valence-corrected chi connectivity index (χ4v) is 3.49. The maximum atomic E-state index is 2.28. The number of likely N-dealkylation sites (N-methyl/N-ethyl adjacent to an activating group) is 1. The van der Waals surface area contributed by atoms with Crippen LogP contribution in [0.1, 0.15) is 82.1 Å². The lowest BCUT2D eigenvalue weighted by Crippen LogP contribution is -2.15. The molecule has 2 heteroatoms. The number of allylic oxidation sites excluding steroid dienone is 3. The van der Waals surface area contributed by atoms with E-state index in [4.69, 9.17) is 0 Å². The molecular formula is C42H64N2. The van der Waals surface area contributed by atoms with E-state index in [0.29, 0.717) is 0 Å². The van der Waals surface area contributed by atoms with Crippen molar-refractivity contribution < 1.29 is 0 Å². The van der Waals surface area contributed by atoms with Crippen LogP contribution in [0.2, 0.25) is 0 Å². The van der Waals surface area contributed by atoms with Gasteiger partial charge in [-0.3, -0.25) is 0 Å². The predicted molar refractivity (Wildman–Crippen MR) is 205 cm³/mol. The Morgan fingerprint density at radius 2 is 0.636 bits per heavy atom. The highest BCUT2D eigenvalue weighted by atomic mass is 15.1. The molecule has 0 unspecified atom stereocenters. The number of rotatable bonds is 4. The van der Waals surface area contributed by atoms with Crippen molar-refractivity contribution in [2.75, 3.05) is 23.9 Å². The van der Waals surface area contributed by atoms with Crippen molar-refractivity contribution >= 4 is 17.1 Å². The summed E-state index contributed by atoms with van der Waals surface area (Å²) in [7, 11) is 4.18. The molecule has 1 aliphatic carbocycles. The zero-order chi connectivity index (χ0) is 33.8. The van der Waals surface area contributed by atoms with Gasteiger partial charge in [0.15, 0.2) is 0 Å². The first kappa shape index (κ1) is 44.4. The minimum Gasteiger partial charge on any atom is -0.345 e. The van der Waals surface area contributed by atoms with Crippen molar-refractivity contribution in [2.45, 2.75) is 82.1 Å². The molecule has 242 valence electrons. The third kappa shape index (κ3) is 20.8. The first-order valence-electron chi connectivity index (χ1n) is 16.7. The van der Waals surface area contributed by atoms with Crippen molar-refractivity contribution in [3.05, 3.63) is 151 Å². The molecule has 0 fully saturated rings. The second-order valence-electron chi connectivity index (χ2n) is 7.89. The summed E-state index contributed by atoms with van der Waals surface area (Å²) in [6, 6.07) is 43.1. The van der Waals surface area contributed by atoms with Crippen LogP contribution in [0.25, 0.3) is 0 Å². The molecule has 0 aliphatic heterocycles. The van der Waals surface area contributed by atoms with Crippen LogP contribution in [-0.2, 0) is 0 Å². The summed E-state index contributed by atoms with van der Waals surface area (Å²) in [4.78, 5) is 4.38. The molecule has 0 saturated heterocycles. The number of anilines is 3. The van der Waals surface area contributed by atoms with Crippen LogP contribution in [0, 0.1) is 0 Å². The van der Waals surface area contributed by atoms with Crippen LogP contribution in [0.15, 0.2) is 151 Å². The molecule has 0 bridgehead atoms. The molecule has 0 saturated carbocycles. The maximum Gasteiger partial charge on any atom is 0.0408 e. The molecule has 0 radical (unpaired) electrons. The van der Waals surface area contributed by atoms with Crippen LogP contribution in [-0.4, -0.2) is 14.1 Å². The number of hydrogen-bond donors (Lipinski definition) is 0. The molecule has 0 heterocycles. The van der Waals surface area contributed by atoms with E-state index in [9.17, 15) is 0 Å². The number of para-hydroxylation sites is 3. The molecule has 0 amide bonds. The van der Waals surface area contributed by atoms with E-state index in [2.05, 4.69) is 115 Å². The van der Waals surface area contributed by atoms with Gasteiger partial charge in [0.1, 0.15) is 0 Å². The largest absolute Gasteiger partial charge is 0.345 e. The summed E-state index contributed by atoms with van der Waals surface area (Å²) < 4.78 is 0. The average molecular weight is 597 g/mol. The topological polar surface area (TPSA) is 6.48 Å². The van der Waals surface area contributed by atoms with E-state index in [-0.39, 0.29) is 0 Å². The van der Waals surface area contributed by atoms with Crippen molar-refractivity contribution in [1.82, 2.24) is 0 Å². The Hall–Kier alpha value is -4.04. The monoisotopic (exact) mass is 597 g/mol. The molecule has 2 nitrogen and oxygen atoms in total. The van der Waals surface area contributed by atoms with Gasteiger partial charge in [0.2, 0.25) is 0 Å². The normalized spacial score (nSPS) is 9.68. The highest BCUT2D eigenvalue weighted by molar-refractivity contribution is 5.61. The van der Waals surface area contributed by atoms with Gasteiger partial charge in [0.25, 0.3) is 0 Å². The van der Waals surface area contributed by atoms with Crippen LogP contribution >= 0.6 is 0 Å². The SMILES string of the molecule is CC.CC.CC.CC.CC.CN(C1=CCCC=C1)c1ccccc1.CN(c1ccccc1)c1ccccc1.c1ccccc1. The van der Waals surface area contributed by atoms with Gasteiger partial charge in [0.05, 0.1) is 0 Å². The second kappa shape index (κ2) is 35.2. The lowest BCUT2D eigenvalue weighted by atomic mass is 10.1. The van der Waals surface area contributed by atoms with E-state index in [1.807, 2.05) is 124 Å². The molecule has 0 N–H and O–H groups in total. The first-order chi connectivity index (χ1) is 21.8. The van der Waals surface area contributed by atoms with Gasteiger partial charge in [-0.2, -0.15) is 0 Å². The van der Waals surface area contributed by atoms with Crippen molar-refractivity contribution in [1.29, 1.82) is 0 Å². The van der Waals surface area contributed by atoms with Crippen LogP contribution in [0.3, 0.4) is 0 Å². The van der Waals surface area contributed by atoms with E-state index in [1.165, 1.54) is 29.2 Å². The minimum atomic E-state index is 1.16. The van der Waals surface area contributed by atoms with Crippen LogP contribution in [0.4, 0.5) is 17.1 Å². The summed E-state index contributed by atoms with van der Waals surface area (Å²) in [6.07, 6.45) is 9.04. The summed E-state index contributed by atoms with van der Waals surface area (Å²) in [5.74, 6) is 0. The lowest BCUT2D eigenvalue weighted by molar-refractivity contribution is 0.984. The van der Waals surface area contributed by atoms with E-state index >= 15 is 0 Å². The summed E-state index contributed by atoms with van der Waals surface area (Å²) in [5.41, 5.74) is 4.95. The third-order valence-electron chi connectivity index (χ3n) is 5.46. The minimum absolute atomic E-state index is 1.16. The first-order valence-corrected chi connectivity index (χ1v) is 16.7.